The normalized spacial score (nSPS) is 18.0. The highest BCUT2D eigenvalue weighted by atomic mass is 16.5. The first-order valence-corrected chi connectivity index (χ1v) is 12.5. The zero-order valence-electron chi connectivity index (χ0n) is 21.1. The number of nitrogens with zero attached hydrogens (tertiary/aromatic N) is 4. The lowest BCUT2D eigenvalue weighted by molar-refractivity contribution is -0.133. The number of hydrogen-bond donors (Lipinski definition) is 1. The van der Waals surface area contributed by atoms with Gasteiger partial charge in [-0.15, -0.1) is 0 Å². The van der Waals surface area contributed by atoms with Gasteiger partial charge in [-0.2, -0.15) is 5.10 Å². The first-order chi connectivity index (χ1) is 17.6. The number of ether oxygens (including phenoxy) is 2. The summed E-state index contributed by atoms with van der Waals surface area (Å²) < 4.78 is 10.7. The van der Waals surface area contributed by atoms with Crippen LogP contribution in [0.25, 0.3) is 0 Å². The Labute approximate surface area is 212 Å². The lowest BCUT2D eigenvalue weighted by atomic mass is 9.98. The Hall–Kier alpha value is -3.43. The van der Waals surface area contributed by atoms with E-state index < -0.39 is 0 Å². The summed E-state index contributed by atoms with van der Waals surface area (Å²) in [5.41, 5.74) is 2.79. The highest BCUT2D eigenvalue weighted by Gasteiger charge is 2.34. The van der Waals surface area contributed by atoms with Gasteiger partial charge in [0.25, 0.3) is 5.91 Å². The van der Waals surface area contributed by atoms with Crippen molar-refractivity contribution in [2.45, 2.75) is 19.4 Å². The van der Waals surface area contributed by atoms with Gasteiger partial charge in [0.05, 0.1) is 32.1 Å². The van der Waals surface area contributed by atoms with Crippen molar-refractivity contribution in [3.63, 3.8) is 0 Å². The number of morpholine rings is 1. The molecule has 0 saturated carbocycles. The molecular formula is C27H35N5O4. The quantitative estimate of drug-likeness (QED) is 0.581. The summed E-state index contributed by atoms with van der Waals surface area (Å²) >= 11 is 0. The number of benzene rings is 2. The van der Waals surface area contributed by atoms with Gasteiger partial charge in [0.2, 0.25) is 0 Å². The number of hydrogen-bond acceptors (Lipinski definition) is 6. The molecule has 4 rings (SSSR count). The smallest absolute Gasteiger partial charge is 0.317 e. The number of carbonyl (C=O) groups excluding carboxylic acids is 2. The summed E-state index contributed by atoms with van der Waals surface area (Å²) in [5, 5.41) is 9.15. The van der Waals surface area contributed by atoms with E-state index in [9.17, 15) is 9.59 Å². The maximum Gasteiger partial charge on any atom is 0.317 e. The van der Waals surface area contributed by atoms with E-state index in [1.54, 1.807) is 17.0 Å². The monoisotopic (exact) mass is 493 g/mol. The molecule has 1 atom stereocenters. The van der Waals surface area contributed by atoms with Gasteiger partial charge >= 0.3 is 6.03 Å². The molecule has 0 aliphatic carbocycles. The average Bonchev–Trinajstić information content (AvgIpc) is 3.38. The topological polar surface area (TPSA) is 86.7 Å². The van der Waals surface area contributed by atoms with Crippen molar-refractivity contribution in [2.24, 2.45) is 5.10 Å². The SMILES string of the molecule is CCNC(=O)N(CCN1CCOCC1)CC(=O)N1N=C(c2ccc(OC)cc2)CC1c1ccccc1. The fourth-order valence-electron chi connectivity index (χ4n) is 4.47. The van der Waals surface area contributed by atoms with Crippen LogP contribution < -0.4 is 10.1 Å². The van der Waals surface area contributed by atoms with E-state index >= 15 is 0 Å². The van der Waals surface area contributed by atoms with Crippen molar-refractivity contribution in [3.05, 3.63) is 65.7 Å². The third-order valence-corrected chi connectivity index (χ3v) is 6.50. The van der Waals surface area contributed by atoms with Crippen molar-refractivity contribution >= 4 is 17.6 Å². The summed E-state index contributed by atoms with van der Waals surface area (Å²) in [7, 11) is 1.63. The number of urea groups is 1. The third-order valence-electron chi connectivity index (χ3n) is 6.50. The van der Waals surface area contributed by atoms with Gasteiger partial charge in [0.1, 0.15) is 12.3 Å². The van der Waals surface area contributed by atoms with Crippen LogP contribution in [0.4, 0.5) is 4.79 Å². The van der Waals surface area contributed by atoms with Crippen molar-refractivity contribution in [1.29, 1.82) is 0 Å². The van der Waals surface area contributed by atoms with Crippen molar-refractivity contribution in [3.8, 4) is 5.75 Å². The predicted octanol–water partition coefficient (Wildman–Crippen LogP) is 2.74. The minimum atomic E-state index is -0.242. The van der Waals surface area contributed by atoms with Gasteiger partial charge in [-0.05, 0) is 42.3 Å². The lowest BCUT2D eigenvalue weighted by Crippen LogP contribution is -2.49. The van der Waals surface area contributed by atoms with Gasteiger partial charge in [0, 0.05) is 39.1 Å². The molecule has 9 heteroatoms. The Bertz CT molecular complexity index is 1040. The molecule has 36 heavy (non-hydrogen) atoms. The molecule has 0 radical (unpaired) electrons. The second-order valence-electron chi connectivity index (χ2n) is 8.86. The van der Waals surface area contributed by atoms with E-state index in [0.717, 1.165) is 35.7 Å². The summed E-state index contributed by atoms with van der Waals surface area (Å²) in [5.74, 6) is 0.559. The number of carbonyl (C=O) groups is 2. The summed E-state index contributed by atoms with van der Waals surface area (Å²) in [4.78, 5) is 30.3. The molecule has 0 bridgehead atoms. The fourth-order valence-corrected chi connectivity index (χ4v) is 4.47. The Balaban J connectivity index is 1.53. The van der Waals surface area contributed by atoms with Crippen LogP contribution in [-0.2, 0) is 9.53 Å². The first kappa shape index (κ1) is 25.7. The maximum absolute atomic E-state index is 13.6. The summed E-state index contributed by atoms with van der Waals surface area (Å²) in [6.45, 7) is 6.51. The van der Waals surface area contributed by atoms with Crippen molar-refractivity contribution in [2.75, 3.05) is 59.6 Å². The van der Waals surface area contributed by atoms with Gasteiger partial charge in [-0.25, -0.2) is 9.80 Å². The molecule has 3 amide bonds. The number of rotatable bonds is 9. The van der Waals surface area contributed by atoms with Crippen LogP contribution in [0.15, 0.2) is 59.7 Å². The van der Waals surface area contributed by atoms with Crippen LogP contribution in [0.5, 0.6) is 5.75 Å². The molecule has 0 aromatic heterocycles. The molecule has 2 aromatic rings. The number of methoxy groups -OCH3 is 1. The lowest BCUT2D eigenvalue weighted by Gasteiger charge is -2.31. The molecule has 1 unspecified atom stereocenters. The highest BCUT2D eigenvalue weighted by molar-refractivity contribution is 6.03. The third kappa shape index (κ3) is 6.41. The van der Waals surface area contributed by atoms with Gasteiger partial charge in [0.15, 0.2) is 0 Å². The van der Waals surface area contributed by atoms with E-state index in [-0.39, 0.29) is 24.5 Å². The molecule has 2 heterocycles. The maximum atomic E-state index is 13.6. The second kappa shape index (κ2) is 12.5. The van der Waals surface area contributed by atoms with Crippen LogP contribution in [0.3, 0.4) is 0 Å². The van der Waals surface area contributed by atoms with E-state index in [1.165, 1.54) is 0 Å². The van der Waals surface area contributed by atoms with Gasteiger partial charge in [-0.3, -0.25) is 9.69 Å². The van der Waals surface area contributed by atoms with E-state index in [2.05, 4.69) is 10.2 Å². The minimum Gasteiger partial charge on any atom is -0.497 e. The molecular weight excluding hydrogens is 458 g/mol. The van der Waals surface area contributed by atoms with E-state index in [0.29, 0.717) is 39.3 Å². The van der Waals surface area contributed by atoms with Crippen molar-refractivity contribution in [1.82, 2.24) is 20.1 Å². The Kier molecular flexibility index (Phi) is 8.91. The van der Waals surface area contributed by atoms with Crippen LogP contribution in [-0.4, -0.2) is 92.1 Å². The van der Waals surface area contributed by atoms with Crippen LogP contribution in [0, 0.1) is 0 Å². The molecule has 9 nitrogen and oxygen atoms in total. The molecule has 1 fully saturated rings. The zero-order valence-corrected chi connectivity index (χ0v) is 21.1. The molecule has 1 N–H and O–H groups in total. The summed E-state index contributed by atoms with van der Waals surface area (Å²) in [6, 6.07) is 17.1. The molecule has 2 aromatic carbocycles. The predicted molar refractivity (Wildman–Crippen MR) is 138 cm³/mol. The Morgan fingerprint density at radius 2 is 1.83 bits per heavy atom. The molecule has 0 spiro atoms. The standard InChI is InChI=1S/C27H35N5O4/c1-3-28-27(34)31(14-13-30-15-17-36-18-16-30)20-26(33)32-25(22-7-5-4-6-8-22)19-24(29-32)21-9-11-23(35-2)12-10-21/h4-12,25H,3,13-20H2,1-2H3,(H,28,34). The van der Waals surface area contributed by atoms with Gasteiger partial charge < -0.3 is 19.7 Å². The second-order valence-corrected chi connectivity index (χ2v) is 8.86. The molecule has 192 valence electrons. The number of nitrogens with one attached hydrogen (secondary N) is 1. The number of hydrazone groups is 1. The Morgan fingerprint density at radius 1 is 1.11 bits per heavy atom. The molecule has 2 aliphatic rings. The largest absolute Gasteiger partial charge is 0.497 e. The summed E-state index contributed by atoms with van der Waals surface area (Å²) in [6.07, 6.45) is 0.594. The zero-order chi connectivity index (χ0) is 25.3. The van der Waals surface area contributed by atoms with Crippen LogP contribution in [0.1, 0.15) is 30.5 Å². The number of amides is 3. The average molecular weight is 494 g/mol. The molecule has 2 aliphatic heterocycles. The Morgan fingerprint density at radius 3 is 2.50 bits per heavy atom. The minimum absolute atomic E-state index is 0.0428. The van der Waals surface area contributed by atoms with E-state index in [1.807, 2.05) is 61.5 Å². The van der Waals surface area contributed by atoms with Gasteiger partial charge in [-0.1, -0.05) is 30.3 Å². The fraction of sp³-hybridized carbons (Fsp3) is 0.444. The van der Waals surface area contributed by atoms with E-state index in [4.69, 9.17) is 14.6 Å². The van der Waals surface area contributed by atoms with Crippen LogP contribution >= 0.6 is 0 Å². The highest BCUT2D eigenvalue weighted by Crippen LogP contribution is 2.33. The molecule has 1 saturated heterocycles. The van der Waals surface area contributed by atoms with Crippen LogP contribution in [0.2, 0.25) is 0 Å². The first-order valence-electron chi connectivity index (χ1n) is 12.5. The van der Waals surface area contributed by atoms with Crippen molar-refractivity contribution < 1.29 is 19.1 Å².